The zero-order chi connectivity index (χ0) is 13.9. The van der Waals surface area contributed by atoms with Crippen LogP contribution in [0.25, 0.3) is 15.6 Å². The summed E-state index contributed by atoms with van der Waals surface area (Å²) in [6.07, 6.45) is 0. The smallest absolute Gasteiger partial charge is 0.189 e. The van der Waals surface area contributed by atoms with E-state index >= 15 is 0 Å². The largest absolute Gasteiger partial charge is 0.345 e. The molecular formula is C18H14N2. The number of benzene rings is 3. The molecule has 3 aromatic rings. The molecule has 0 radical (unpaired) electrons. The second-order valence-corrected chi connectivity index (χ2v) is 4.69. The Hall–Kier alpha value is -2.79. The Morgan fingerprint density at radius 1 is 0.900 bits per heavy atom. The molecule has 3 rings (SSSR count). The van der Waals surface area contributed by atoms with Gasteiger partial charge in [0.05, 0.1) is 6.57 Å². The molecule has 0 aliphatic rings. The van der Waals surface area contributed by atoms with Crippen LogP contribution in [0.4, 0.5) is 17.1 Å². The van der Waals surface area contributed by atoms with Crippen molar-refractivity contribution in [3.8, 4) is 0 Å². The quantitative estimate of drug-likeness (QED) is 0.576. The Labute approximate surface area is 118 Å². The molecule has 0 saturated heterocycles. The van der Waals surface area contributed by atoms with Gasteiger partial charge in [-0.2, -0.15) is 0 Å². The second-order valence-electron chi connectivity index (χ2n) is 4.69. The molecule has 0 saturated carbocycles. The van der Waals surface area contributed by atoms with Crippen molar-refractivity contribution in [3.63, 3.8) is 0 Å². The molecule has 0 aliphatic heterocycles. The van der Waals surface area contributed by atoms with Gasteiger partial charge >= 0.3 is 0 Å². The molecule has 2 heteroatoms. The van der Waals surface area contributed by atoms with Gasteiger partial charge in [-0.25, -0.2) is 4.85 Å². The third-order valence-electron chi connectivity index (χ3n) is 3.47. The van der Waals surface area contributed by atoms with Crippen LogP contribution in [0.15, 0.2) is 66.7 Å². The number of hydrogen-bond acceptors (Lipinski definition) is 1. The van der Waals surface area contributed by atoms with Crippen molar-refractivity contribution in [2.75, 3.05) is 11.9 Å². The highest BCUT2D eigenvalue weighted by Crippen LogP contribution is 2.32. The molecule has 0 aromatic heterocycles. The van der Waals surface area contributed by atoms with Gasteiger partial charge in [-0.1, -0.05) is 48.5 Å². The summed E-state index contributed by atoms with van der Waals surface area (Å²) in [5.41, 5.74) is 2.83. The lowest BCUT2D eigenvalue weighted by Gasteiger charge is -2.21. The average molecular weight is 258 g/mol. The normalized spacial score (nSPS) is 10.2. The lowest BCUT2D eigenvalue weighted by atomic mass is 10.1. The SMILES string of the molecule is [C-]#[N+]c1cccc(N(C)c2cccc3ccccc23)c1. The molecule has 0 aliphatic carbocycles. The van der Waals surface area contributed by atoms with E-state index in [1.807, 2.05) is 37.4 Å². The van der Waals surface area contributed by atoms with E-state index in [9.17, 15) is 0 Å². The minimum Gasteiger partial charge on any atom is -0.345 e. The number of anilines is 2. The molecule has 0 fully saturated rings. The average Bonchev–Trinajstić information content (AvgIpc) is 2.53. The zero-order valence-corrected chi connectivity index (χ0v) is 11.2. The van der Waals surface area contributed by atoms with E-state index in [0.29, 0.717) is 5.69 Å². The summed E-state index contributed by atoms with van der Waals surface area (Å²) in [6.45, 7) is 7.12. The van der Waals surface area contributed by atoms with Gasteiger partial charge in [-0.3, -0.25) is 0 Å². The number of nitrogens with zero attached hydrogens (tertiary/aromatic N) is 2. The minimum atomic E-state index is 0.662. The van der Waals surface area contributed by atoms with Crippen molar-refractivity contribution in [2.45, 2.75) is 0 Å². The fraction of sp³-hybridized carbons (Fsp3) is 0.0556. The summed E-state index contributed by atoms with van der Waals surface area (Å²) < 4.78 is 0. The third kappa shape index (κ3) is 2.10. The van der Waals surface area contributed by atoms with Gasteiger partial charge in [0.15, 0.2) is 5.69 Å². The first-order chi connectivity index (χ1) is 9.79. The highest BCUT2D eigenvalue weighted by atomic mass is 15.1. The maximum atomic E-state index is 7.12. The van der Waals surface area contributed by atoms with Crippen LogP contribution in [0.5, 0.6) is 0 Å². The molecule has 0 spiro atoms. The van der Waals surface area contributed by atoms with Crippen LogP contribution in [-0.4, -0.2) is 7.05 Å². The molecule has 2 nitrogen and oxygen atoms in total. The van der Waals surface area contributed by atoms with E-state index in [-0.39, 0.29) is 0 Å². The van der Waals surface area contributed by atoms with Crippen LogP contribution in [0.1, 0.15) is 0 Å². The van der Waals surface area contributed by atoms with Gasteiger partial charge in [0.25, 0.3) is 0 Å². The molecule has 3 aromatic carbocycles. The maximum absolute atomic E-state index is 7.12. The van der Waals surface area contributed by atoms with Gasteiger partial charge in [0.1, 0.15) is 0 Å². The van der Waals surface area contributed by atoms with Crippen LogP contribution < -0.4 is 4.90 Å². The summed E-state index contributed by atoms with van der Waals surface area (Å²) in [4.78, 5) is 5.61. The van der Waals surface area contributed by atoms with Crippen LogP contribution >= 0.6 is 0 Å². The summed E-state index contributed by atoms with van der Waals surface area (Å²) >= 11 is 0. The van der Waals surface area contributed by atoms with Gasteiger partial charge in [-0.05, 0) is 23.6 Å². The summed E-state index contributed by atoms with van der Waals surface area (Å²) in [5, 5.41) is 2.43. The molecule has 20 heavy (non-hydrogen) atoms. The lowest BCUT2D eigenvalue weighted by molar-refractivity contribution is 1.22. The highest BCUT2D eigenvalue weighted by Gasteiger charge is 2.08. The molecule has 0 amide bonds. The Kier molecular flexibility index (Phi) is 3.10. The van der Waals surface area contributed by atoms with Crippen LogP contribution in [-0.2, 0) is 0 Å². The Morgan fingerprint density at radius 3 is 2.50 bits per heavy atom. The first-order valence-electron chi connectivity index (χ1n) is 6.48. The monoisotopic (exact) mass is 258 g/mol. The lowest BCUT2D eigenvalue weighted by Crippen LogP contribution is -2.09. The maximum Gasteiger partial charge on any atom is 0.189 e. The number of hydrogen-bond donors (Lipinski definition) is 0. The van der Waals surface area contributed by atoms with Crippen LogP contribution in [0.3, 0.4) is 0 Å². The molecular weight excluding hydrogens is 244 g/mol. The van der Waals surface area contributed by atoms with Crippen molar-refractivity contribution < 1.29 is 0 Å². The number of rotatable bonds is 2. The van der Waals surface area contributed by atoms with Crippen molar-refractivity contribution >= 4 is 27.8 Å². The molecule has 0 N–H and O–H groups in total. The Balaban J connectivity index is 2.13. The van der Waals surface area contributed by atoms with Crippen LogP contribution in [0, 0.1) is 6.57 Å². The molecule has 0 unspecified atom stereocenters. The van der Waals surface area contributed by atoms with E-state index in [1.54, 1.807) is 0 Å². The fourth-order valence-corrected chi connectivity index (χ4v) is 2.41. The van der Waals surface area contributed by atoms with E-state index in [1.165, 1.54) is 10.8 Å². The van der Waals surface area contributed by atoms with Gasteiger partial charge in [0, 0.05) is 23.8 Å². The minimum absolute atomic E-state index is 0.662. The highest BCUT2D eigenvalue weighted by molar-refractivity contribution is 5.96. The Bertz CT molecular complexity index is 794. The van der Waals surface area contributed by atoms with Crippen LogP contribution in [0.2, 0.25) is 0 Å². The standard InChI is InChI=1S/C18H14N2/c1-19-15-9-6-10-16(13-15)20(2)18-12-5-8-14-7-3-4-11-17(14)18/h3-13H,2H3. The summed E-state index contributed by atoms with van der Waals surface area (Å²) in [7, 11) is 2.03. The van der Waals surface area contributed by atoms with E-state index in [0.717, 1.165) is 11.4 Å². The number of fused-ring (bicyclic) bond motifs is 1. The topological polar surface area (TPSA) is 7.60 Å². The third-order valence-corrected chi connectivity index (χ3v) is 3.47. The van der Waals surface area contributed by atoms with Gasteiger partial charge < -0.3 is 4.90 Å². The van der Waals surface area contributed by atoms with Gasteiger partial charge in [-0.15, -0.1) is 0 Å². The second kappa shape index (κ2) is 5.07. The van der Waals surface area contributed by atoms with Crippen molar-refractivity contribution in [1.82, 2.24) is 0 Å². The van der Waals surface area contributed by atoms with E-state index in [4.69, 9.17) is 6.57 Å². The zero-order valence-electron chi connectivity index (χ0n) is 11.2. The van der Waals surface area contributed by atoms with Crippen molar-refractivity contribution in [1.29, 1.82) is 0 Å². The van der Waals surface area contributed by atoms with E-state index < -0.39 is 0 Å². The molecule has 96 valence electrons. The summed E-state index contributed by atoms with van der Waals surface area (Å²) in [6, 6.07) is 22.3. The molecule has 0 heterocycles. The van der Waals surface area contributed by atoms with Gasteiger partial charge in [0.2, 0.25) is 0 Å². The Morgan fingerprint density at radius 2 is 1.65 bits per heavy atom. The summed E-state index contributed by atoms with van der Waals surface area (Å²) in [5.74, 6) is 0. The first-order valence-corrected chi connectivity index (χ1v) is 6.48. The predicted molar refractivity (Wildman–Crippen MR) is 84.7 cm³/mol. The predicted octanol–water partition coefficient (Wildman–Crippen LogP) is 5.16. The molecule has 0 bridgehead atoms. The van der Waals surface area contributed by atoms with E-state index in [2.05, 4.69) is 46.1 Å². The fourth-order valence-electron chi connectivity index (χ4n) is 2.41. The first kappa shape index (κ1) is 12.3. The van der Waals surface area contributed by atoms with Crippen molar-refractivity contribution in [2.24, 2.45) is 0 Å². The van der Waals surface area contributed by atoms with Crippen molar-refractivity contribution in [3.05, 3.63) is 78.1 Å². The molecule has 0 atom stereocenters.